The van der Waals surface area contributed by atoms with Crippen molar-refractivity contribution in [2.45, 2.75) is 25.9 Å². The van der Waals surface area contributed by atoms with Crippen molar-refractivity contribution in [1.82, 2.24) is 4.98 Å². The SMILES string of the molecule is Cc1nc2ccc(Nc3ccc(N4CCC(C(F)(F)F)CC4)cc3)cc2o1. The molecule has 0 bridgehead atoms. The Balaban J connectivity index is 1.41. The second-order valence-electron chi connectivity index (χ2n) is 6.89. The third-order valence-electron chi connectivity index (χ3n) is 4.97. The van der Waals surface area contributed by atoms with Gasteiger partial charge in [0.25, 0.3) is 0 Å². The third kappa shape index (κ3) is 3.86. The number of oxazole rings is 1. The summed E-state index contributed by atoms with van der Waals surface area (Å²) in [6.07, 6.45) is -3.77. The monoisotopic (exact) mass is 375 g/mol. The van der Waals surface area contributed by atoms with Gasteiger partial charge in [0, 0.05) is 43.1 Å². The number of nitrogens with one attached hydrogen (secondary N) is 1. The van der Waals surface area contributed by atoms with E-state index >= 15 is 0 Å². The summed E-state index contributed by atoms with van der Waals surface area (Å²) in [7, 11) is 0. The fourth-order valence-electron chi connectivity index (χ4n) is 3.50. The standard InChI is InChI=1S/C20H20F3N3O/c1-13-24-18-7-4-16(12-19(18)27-13)25-15-2-5-17(6-3-15)26-10-8-14(9-11-26)20(21,22)23/h2-7,12,14,25H,8-11H2,1H3. The maximum Gasteiger partial charge on any atom is 0.391 e. The molecule has 1 N–H and O–H groups in total. The summed E-state index contributed by atoms with van der Waals surface area (Å²) in [5.74, 6) is -0.551. The van der Waals surface area contributed by atoms with Crippen LogP contribution in [0.3, 0.4) is 0 Å². The first-order chi connectivity index (χ1) is 12.9. The molecule has 3 aromatic rings. The van der Waals surface area contributed by atoms with E-state index in [-0.39, 0.29) is 12.8 Å². The van der Waals surface area contributed by atoms with Gasteiger partial charge in [0.1, 0.15) is 5.52 Å². The highest BCUT2D eigenvalue weighted by Crippen LogP contribution is 2.35. The molecule has 2 heterocycles. The van der Waals surface area contributed by atoms with Gasteiger partial charge in [0.15, 0.2) is 11.5 Å². The minimum absolute atomic E-state index is 0.153. The van der Waals surface area contributed by atoms with E-state index in [1.165, 1.54) is 0 Å². The molecule has 1 aliphatic heterocycles. The highest BCUT2D eigenvalue weighted by Gasteiger charge is 2.41. The van der Waals surface area contributed by atoms with Gasteiger partial charge in [-0.15, -0.1) is 0 Å². The van der Waals surface area contributed by atoms with Gasteiger partial charge in [0.2, 0.25) is 0 Å². The fraction of sp³-hybridized carbons (Fsp3) is 0.350. The molecule has 1 fully saturated rings. The Morgan fingerprint density at radius 1 is 1.04 bits per heavy atom. The Bertz CT molecular complexity index is 926. The number of hydrogen-bond donors (Lipinski definition) is 1. The minimum Gasteiger partial charge on any atom is -0.441 e. The topological polar surface area (TPSA) is 41.3 Å². The average Bonchev–Trinajstić information content (AvgIpc) is 3.01. The molecule has 0 amide bonds. The highest BCUT2D eigenvalue weighted by atomic mass is 19.4. The van der Waals surface area contributed by atoms with Crippen molar-refractivity contribution in [2.24, 2.45) is 5.92 Å². The first kappa shape index (κ1) is 17.7. The van der Waals surface area contributed by atoms with Crippen LogP contribution in [0.5, 0.6) is 0 Å². The number of halogens is 3. The van der Waals surface area contributed by atoms with Crippen LogP contribution >= 0.6 is 0 Å². The van der Waals surface area contributed by atoms with Crippen molar-refractivity contribution in [2.75, 3.05) is 23.3 Å². The molecule has 7 heteroatoms. The molecule has 0 atom stereocenters. The zero-order valence-corrected chi connectivity index (χ0v) is 14.9. The van der Waals surface area contributed by atoms with Gasteiger partial charge >= 0.3 is 6.18 Å². The molecule has 2 aromatic carbocycles. The third-order valence-corrected chi connectivity index (χ3v) is 4.97. The number of fused-ring (bicyclic) bond motifs is 1. The summed E-state index contributed by atoms with van der Waals surface area (Å²) in [6, 6.07) is 13.5. The summed E-state index contributed by atoms with van der Waals surface area (Å²) in [5.41, 5.74) is 4.27. The van der Waals surface area contributed by atoms with Crippen molar-refractivity contribution in [1.29, 1.82) is 0 Å². The van der Waals surface area contributed by atoms with E-state index in [1.807, 2.05) is 54.3 Å². The molecule has 0 spiro atoms. The van der Waals surface area contributed by atoms with E-state index in [4.69, 9.17) is 4.42 Å². The molecule has 4 nitrogen and oxygen atoms in total. The van der Waals surface area contributed by atoms with Gasteiger partial charge in [-0.2, -0.15) is 13.2 Å². The number of anilines is 3. The molecule has 1 aliphatic rings. The van der Waals surface area contributed by atoms with E-state index in [1.54, 1.807) is 0 Å². The number of nitrogens with zero attached hydrogens (tertiary/aromatic N) is 2. The van der Waals surface area contributed by atoms with Crippen LogP contribution in [0.15, 0.2) is 46.9 Å². The van der Waals surface area contributed by atoms with Crippen LogP contribution in [0.4, 0.5) is 30.2 Å². The zero-order chi connectivity index (χ0) is 19.0. The van der Waals surface area contributed by atoms with Crippen LogP contribution in [0.25, 0.3) is 11.1 Å². The molecule has 0 saturated carbocycles. The second-order valence-corrected chi connectivity index (χ2v) is 6.89. The largest absolute Gasteiger partial charge is 0.441 e. The molecule has 0 radical (unpaired) electrons. The quantitative estimate of drug-likeness (QED) is 0.641. The lowest BCUT2D eigenvalue weighted by molar-refractivity contribution is -0.179. The van der Waals surface area contributed by atoms with Gasteiger partial charge in [-0.05, 0) is 49.2 Å². The predicted molar refractivity (Wildman–Crippen MR) is 99.5 cm³/mol. The van der Waals surface area contributed by atoms with E-state index in [0.29, 0.717) is 19.0 Å². The number of rotatable bonds is 3. The van der Waals surface area contributed by atoms with Crippen molar-refractivity contribution >= 4 is 28.2 Å². The number of hydrogen-bond acceptors (Lipinski definition) is 4. The summed E-state index contributed by atoms with van der Waals surface area (Å²) >= 11 is 0. The molecule has 27 heavy (non-hydrogen) atoms. The summed E-state index contributed by atoms with van der Waals surface area (Å²) in [5, 5.41) is 3.31. The lowest BCUT2D eigenvalue weighted by atomic mass is 9.96. The Hall–Kier alpha value is -2.70. The Morgan fingerprint density at radius 3 is 2.37 bits per heavy atom. The van der Waals surface area contributed by atoms with Crippen molar-refractivity contribution in [3.05, 3.63) is 48.4 Å². The van der Waals surface area contributed by atoms with E-state index in [2.05, 4.69) is 10.3 Å². The predicted octanol–water partition coefficient (Wildman–Crippen LogP) is 5.66. The average molecular weight is 375 g/mol. The Morgan fingerprint density at radius 2 is 1.70 bits per heavy atom. The number of aromatic nitrogens is 1. The number of aryl methyl sites for hydroxylation is 1. The smallest absolute Gasteiger partial charge is 0.391 e. The van der Waals surface area contributed by atoms with Crippen molar-refractivity contribution in [3.8, 4) is 0 Å². The summed E-state index contributed by atoms with van der Waals surface area (Å²) < 4.78 is 43.9. The van der Waals surface area contributed by atoms with Crippen molar-refractivity contribution in [3.63, 3.8) is 0 Å². The molecule has 1 aromatic heterocycles. The van der Waals surface area contributed by atoms with Gasteiger partial charge in [0.05, 0.1) is 5.92 Å². The molecule has 1 saturated heterocycles. The number of piperidine rings is 1. The first-order valence-corrected chi connectivity index (χ1v) is 8.94. The maximum atomic E-state index is 12.8. The summed E-state index contributed by atoms with van der Waals surface area (Å²) in [6.45, 7) is 2.67. The normalized spacial score (nSPS) is 16.1. The Kier molecular flexibility index (Phi) is 4.45. The van der Waals surface area contributed by atoms with E-state index in [9.17, 15) is 13.2 Å². The van der Waals surface area contributed by atoms with Gasteiger partial charge in [-0.25, -0.2) is 4.98 Å². The molecular formula is C20H20F3N3O. The number of benzene rings is 2. The molecular weight excluding hydrogens is 355 g/mol. The maximum absolute atomic E-state index is 12.8. The number of alkyl halides is 3. The highest BCUT2D eigenvalue weighted by molar-refractivity contribution is 5.79. The molecule has 142 valence electrons. The molecule has 0 unspecified atom stereocenters. The van der Waals surface area contributed by atoms with Crippen LogP contribution in [-0.4, -0.2) is 24.2 Å². The minimum atomic E-state index is -4.08. The second kappa shape index (κ2) is 6.79. The van der Waals surface area contributed by atoms with Gasteiger partial charge in [-0.1, -0.05) is 0 Å². The van der Waals surface area contributed by atoms with Gasteiger partial charge < -0.3 is 14.6 Å². The lowest BCUT2D eigenvalue weighted by Gasteiger charge is -2.34. The van der Waals surface area contributed by atoms with Gasteiger partial charge in [-0.3, -0.25) is 0 Å². The van der Waals surface area contributed by atoms with Crippen LogP contribution in [0.1, 0.15) is 18.7 Å². The zero-order valence-electron chi connectivity index (χ0n) is 14.9. The van der Waals surface area contributed by atoms with E-state index < -0.39 is 12.1 Å². The summed E-state index contributed by atoms with van der Waals surface area (Å²) in [4.78, 5) is 6.28. The van der Waals surface area contributed by atoms with Crippen LogP contribution in [0.2, 0.25) is 0 Å². The van der Waals surface area contributed by atoms with E-state index in [0.717, 1.165) is 28.2 Å². The molecule has 0 aliphatic carbocycles. The Labute approximate surface area is 155 Å². The molecule has 4 rings (SSSR count). The first-order valence-electron chi connectivity index (χ1n) is 8.94. The lowest BCUT2D eigenvalue weighted by Crippen LogP contribution is -2.38. The van der Waals surface area contributed by atoms with Crippen LogP contribution in [0, 0.1) is 12.8 Å². The van der Waals surface area contributed by atoms with Crippen LogP contribution in [-0.2, 0) is 0 Å². The fourth-order valence-corrected chi connectivity index (χ4v) is 3.50. The van der Waals surface area contributed by atoms with Crippen molar-refractivity contribution < 1.29 is 17.6 Å². The van der Waals surface area contributed by atoms with Crippen LogP contribution < -0.4 is 10.2 Å².